The first-order chi connectivity index (χ1) is 16.2. The second-order valence-corrected chi connectivity index (χ2v) is 8.61. The predicted molar refractivity (Wildman–Crippen MR) is 124 cm³/mol. The smallest absolute Gasteiger partial charge is 0.410 e. The highest BCUT2D eigenvalue weighted by molar-refractivity contribution is 5.82. The van der Waals surface area contributed by atoms with Crippen molar-refractivity contribution < 1.29 is 19.2 Å². The Morgan fingerprint density at radius 2 is 1.61 bits per heavy atom. The van der Waals surface area contributed by atoms with E-state index in [1.165, 1.54) is 0 Å². The zero-order valence-corrected chi connectivity index (χ0v) is 18.7. The zero-order chi connectivity index (χ0) is 22.9. The van der Waals surface area contributed by atoms with E-state index in [1.807, 2.05) is 60.7 Å². The molecule has 0 unspecified atom stereocenters. The summed E-state index contributed by atoms with van der Waals surface area (Å²) in [7, 11) is 0. The first kappa shape index (κ1) is 23.2. The summed E-state index contributed by atoms with van der Waals surface area (Å²) in [6, 6.07) is 19.5. The molecule has 2 aliphatic heterocycles. The molecule has 4 rings (SSSR count). The van der Waals surface area contributed by atoms with E-state index in [-0.39, 0.29) is 36.7 Å². The minimum Gasteiger partial charge on any atom is -0.445 e. The van der Waals surface area contributed by atoms with Gasteiger partial charge in [0.05, 0.1) is 12.6 Å². The van der Waals surface area contributed by atoms with Crippen molar-refractivity contribution in [3.05, 3.63) is 71.8 Å². The number of carbonyl (C=O) groups excluding carboxylic acids is 2. The Balaban J connectivity index is 1.11. The molecule has 0 bridgehead atoms. The first-order valence-electron chi connectivity index (χ1n) is 11.6. The van der Waals surface area contributed by atoms with E-state index in [1.54, 1.807) is 4.90 Å². The summed E-state index contributed by atoms with van der Waals surface area (Å²) in [5, 5.41) is 6.39. The van der Waals surface area contributed by atoms with E-state index in [4.69, 9.17) is 9.57 Å². The van der Waals surface area contributed by atoms with Gasteiger partial charge in [-0.1, -0.05) is 60.7 Å². The molecular formula is C25H32N4O4. The van der Waals surface area contributed by atoms with Crippen LogP contribution in [0.3, 0.4) is 0 Å². The molecule has 33 heavy (non-hydrogen) atoms. The maximum absolute atomic E-state index is 12.7. The van der Waals surface area contributed by atoms with Gasteiger partial charge in [-0.25, -0.2) is 4.79 Å². The van der Waals surface area contributed by atoms with Gasteiger partial charge in [0.1, 0.15) is 6.61 Å². The molecule has 3 N–H and O–H groups in total. The van der Waals surface area contributed by atoms with Gasteiger partial charge in [0.15, 0.2) is 0 Å². The number of likely N-dealkylation sites (tertiary alicyclic amines) is 1. The molecule has 8 heteroatoms. The molecule has 0 spiro atoms. The lowest BCUT2D eigenvalue weighted by atomic mass is 10.0. The molecule has 2 aromatic rings. The second-order valence-electron chi connectivity index (χ2n) is 8.61. The van der Waals surface area contributed by atoms with E-state index < -0.39 is 0 Å². The van der Waals surface area contributed by atoms with Crippen molar-refractivity contribution in [2.75, 3.05) is 19.6 Å². The van der Waals surface area contributed by atoms with Gasteiger partial charge in [-0.3, -0.25) is 9.63 Å². The Morgan fingerprint density at radius 3 is 2.27 bits per heavy atom. The summed E-state index contributed by atoms with van der Waals surface area (Å²) in [6.45, 7) is 2.48. The van der Waals surface area contributed by atoms with Crippen LogP contribution in [0.25, 0.3) is 0 Å². The third kappa shape index (κ3) is 7.02. The lowest BCUT2D eigenvalue weighted by Crippen LogP contribution is -2.55. The lowest BCUT2D eigenvalue weighted by Gasteiger charge is -2.30. The van der Waals surface area contributed by atoms with Gasteiger partial charge in [0, 0.05) is 31.7 Å². The maximum Gasteiger partial charge on any atom is 0.410 e. The summed E-state index contributed by atoms with van der Waals surface area (Å²) in [5.74, 6) is -0.0110. The highest BCUT2D eigenvalue weighted by atomic mass is 16.6. The summed E-state index contributed by atoms with van der Waals surface area (Å²) < 4.78 is 5.40. The highest BCUT2D eigenvalue weighted by Gasteiger charge is 2.31. The van der Waals surface area contributed by atoms with Crippen molar-refractivity contribution >= 4 is 12.0 Å². The summed E-state index contributed by atoms with van der Waals surface area (Å²) in [4.78, 5) is 32.3. The Morgan fingerprint density at radius 1 is 0.909 bits per heavy atom. The SMILES string of the molecule is O=C(N[C@H]1CCN(C(=O)OCc2ccccc2)C1)[C@@H]1CC[C@@H](NOCc2ccccc2)CN1. The first-order valence-corrected chi connectivity index (χ1v) is 11.6. The largest absolute Gasteiger partial charge is 0.445 e. The fourth-order valence-electron chi connectivity index (χ4n) is 4.15. The Kier molecular flexibility index (Phi) is 8.30. The monoisotopic (exact) mass is 452 g/mol. The van der Waals surface area contributed by atoms with Crippen LogP contribution in [0.4, 0.5) is 4.79 Å². The summed E-state index contributed by atoms with van der Waals surface area (Å²) >= 11 is 0. The van der Waals surface area contributed by atoms with Gasteiger partial charge in [-0.05, 0) is 30.4 Å². The Bertz CT molecular complexity index is 888. The second kappa shape index (κ2) is 11.8. The standard InChI is InChI=1S/C25H32N4O4/c30-24(23-12-11-21(15-26-23)28-33-18-20-9-5-2-6-10-20)27-22-13-14-29(16-22)25(31)32-17-19-7-3-1-4-8-19/h1-10,21-23,26,28H,11-18H2,(H,27,30)/t21-,22+,23+/m1/s1. The van der Waals surface area contributed by atoms with Crippen LogP contribution in [0, 0.1) is 0 Å². The number of piperidine rings is 1. The Labute approximate surface area is 194 Å². The van der Waals surface area contributed by atoms with Crippen molar-refractivity contribution in [3.8, 4) is 0 Å². The number of carbonyl (C=O) groups is 2. The van der Waals surface area contributed by atoms with Gasteiger partial charge < -0.3 is 20.3 Å². The minimum absolute atomic E-state index is 0.0110. The van der Waals surface area contributed by atoms with Crippen molar-refractivity contribution in [1.82, 2.24) is 21.0 Å². The van der Waals surface area contributed by atoms with Crippen LogP contribution in [0.5, 0.6) is 0 Å². The molecule has 2 aliphatic rings. The molecule has 3 atom stereocenters. The molecule has 2 heterocycles. The van der Waals surface area contributed by atoms with E-state index in [9.17, 15) is 9.59 Å². The molecule has 176 valence electrons. The van der Waals surface area contributed by atoms with Gasteiger partial charge in [-0.15, -0.1) is 0 Å². The minimum atomic E-state index is -0.337. The number of nitrogens with zero attached hydrogens (tertiary/aromatic N) is 1. The van der Waals surface area contributed by atoms with E-state index in [0.29, 0.717) is 26.2 Å². The molecule has 2 fully saturated rings. The number of hydrogen-bond acceptors (Lipinski definition) is 6. The van der Waals surface area contributed by atoms with Crippen LogP contribution in [-0.2, 0) is 27.6 Å². The molecule has 8 nitrogen and oxygen atoms in total. The normalized spacial score (nSPS) is 22.7. The maximum atomic E-state index is 12.7. The average Bonchev–Trinajstić information content (AvgIpc) is 3.33. The quantitative estimate of drug-likeness (QED) is 0.533. The third-order valence-electron chi connectivity index (χ3n) is 6.06. The van der Waals surface area contributed by atoms with E-state index in [0.717, 1.165) is 30.4 Å². The van der Waals surface area contributed by atoms with E-state index >= 15 is 0 Å². The van der Waals surface area contributed by atoms with Crippen LogP contribution in [0.15, 0.2) is 60.7 Å². The summed E-state index contributed by atoms with van der Waals surface area (Å²) in [6.07, 6.45) is 1.97. The van der Waals surface area contributed by atoms with Crippen LogP contribution in [0.1, 0.15) is 30.4 Å². The highest BCUT2D eigenvalue weighted by Crippen LogP contribution is 2.14. The number of amides is 2. The van der Waals surface area contributed by atoms with Crippen molar-refractivity contribution in [1.29, 1.82) is 0 Å². The van der Waals surface area contributed by atoms with Crippen molar-refractivity contribution in [2.45, 2.75) is 50.6 Å². The lowest BCUT2D eigenvalue weighted by molar-refractivity contribution is -0.124. The zero-order valence-electron chi connectivity index (χ0n) is 18.7. The summed E-state index contributed by atoms with van der Waals surface area (Å²) in [5.41, 5.74) is 5.16. The molecular weight excluding hydrogens is 420 g/mol. The van der Waals surface area contributed by atoms with Crippen molar-refractivity contribution in [3.63, 3.8) is 0 Å². The Hall–Kier alpha value is -2.94. The molecule has 0 aromatic heterocycles. The molecule has 2 amide bonds. The number of ether oxygens (including phenoxy) is 1. The fourth-order valence-corrected chi connectivity index (χ4v) is 4.15. The molecule has 0 aliphatic carbocycles. The molecule has 0 saturated carbocycles. The predicted octanol–water partition coefficient (Wildman–Crippen LogP) is 2.36. The number of hydrogen-bond donors (Lipinski definition) is 3. The number of hydroxylamine groups is 1. The third-order valence-corrected chi connectivity index (χ3v) is 6.06. The number of rotatable bonds is 8. The molecule has 2 saturated heterocycles. The van der Waals surface area contributed by atoms with Crippen molar-refractivity contribution in [2.24, 2.45) is 0 Å². The van der Waals surface area contributed by atoms with Gasteiger partial charge in [-0.2, -0.15) is 5.48 Å². The van der Waals surface area contributed by atoms with Gasteiger partial charge in [0.2, 0.25) is 5.91 Å². The van der Waals surface area contributed by atoms with Crippen LogP contribution in [0.2, 0.25) is 0 Å². The van der Waals surface area contributed by atoms with Crippen LogP contribution < -0.4 is 16.1 Å². The van der Waals surface area contributed by atoms with Crippen LogP contribution >= 0.6 is 0 Å². The van der Waals surface area contributed by atoms with Gasteiger partial charge in [0.25, 0.3) is 0 Å². The molecule has 2 aromatic carbocycles. The topological polar surface area (TPSA) is 91.9 Å². The fraction of sp³-hybridized carbons (Fsp3) is 0.440. The number of nitrogens with one attached hydrogen (secondary N) is 3. The average molecular weight is 453 g/mol. The van der Waals surface area contributed by atoms with E-state index in [2.05, 4.69) is 16.1 Å². The number of benzene rings is 2. The van der Waals surface area contributed by atoms with Crippen LogP contribution in [-0.4, -0.2) is 54.7 Å². The molecule has 0 radical (unpaired) electrons. The van der Waals surface area contributed by atoms with Gasteiger partial charge >= 0.3 is 6.09 Å².